The minimum absolute atomic E-state index is 0.420. The van der Waals surface area contributed by atoms with Gasteiger partial charge in [-0.05, 0) is 23.8 Å². The Labute approximate surface area is 131 Å². The molecule has 0 aliphatic rings. The van der Waals surface area contributed by atoms with E-state index in [4.69, 9.17) is 4.74 Å². The van der Waals surface area contributed by atoms with Crippen LogP contribution in [0.25, 0.3) is 11.6 Å². The fraction of sp³-hybridized carbons (Fsp3) is 0.143. The largest absolute Gasteiger partial charge is 0.497 e. The Morgan fingerprint density at radius 3 is 2.73 bits per heavy atom. The smallest absolute Gasteiger partial charge is 0.233 e. The lowest BCUT2D eigenvalue weighted by Gasteiger charge is -1.99. The number of benzene rings is 1. The van der Waals surface area contributed by atoms with Crippen molar-refractivity contribution in [1.29, 1.82) is 5.26 Å². The Morgan fingerprint density at radius 1 is 1.32 bits per heavy atom. The standard InChI is InChI=1S/C14H13N5O2S/c1-20-12-5-3-10(4-6-12)7-11(8-15)13-18-19-14(22-13)16-9-17-21-2/h3-7,9H,1-2H3,(H,16,17,19)/b11-7-. The Bertz CT molecular complexity index is 716. The summed E-state index contributed by atoms with van der Waals surface area (Å²) in [7, 11) is 3.08. The lowest BCUT2D eigenvalue weighted by atomic mass is 10.1. The number of nitrogens with one attached hydrogen (secondary N) is 1. The van der Waals surface area contributed by atoms with Crippen molar-refractivity contribution in [2.45, 2.75) is 0 Å². The summed E-state index contributed by atoms with van der Waals surface area (Å²) in [5.74, 6) is 0.758. The highest BCUT2D eigenvalue weighted by molar-refractivity contribution is 7.16. The molecule has 8 heteroatoms. The van der Waals surface area contributed by atoms with E-state index in [9.17, 15) is 5.26 Å². The molecule has 1 N–H and O–H groups in total. The molecule has 1 aromatic heterocycles. The monoisotopic (exact) mass is 315 g/mol. The highest BCUT2D eigenvalue weighted by Crippen LogP contribution is 2.26. The molecule has 0 atom stereocenters. The molecule has 0 aliphatic heterocycles. The van der Waals surface area contributed by atoms with Gasteiger partial charge < -0.3 is 4.74 Å². The second-order valence-electron chi connectivity index (χ2n) is 3.91. The third-order valence-corrected chi connectivity index (χ3v) is 3.40. The summed E-state index contributed by atoms with van der Waals surface area (Å²) in [5.41, 5.74) is 3.75. The van der Waals surface area contributed by atoms with Crippen molar-refractivity contribution in [1.82, 2.24) is 15.7 Å². The van der Waals surface area contributed by atoms with Gasteiger partial charge in [-0.1, -0.05) is 23.5 Å². The Hall–Kier alpha value is -2.76. The molecule has 1 heterocycles. The van der Waals surface area contributed by atoms with Gasteiger partial charge in [0.05, 0.1) is 19.8 Å². The first-order valence-corrected chi connectivity index (χ1v) is 6.99. The minimum atomic E-state index is 0.420. The highest BCUT2D eigenvalue weighted by Gasteiger charge is 2.08. The molecule has 0 bridgehead atoms. The van der Waals surface area contributed by atoms with Crippen molar-refractivity contribution in [2.24, 2.45) is 4.99 Å². The number of ether oxygens (including phenoxy) is 1. The van der Waals surface area contributed by atoms with Gasteiger partial charge in [-0.2, -0.15) is 5.26 Å². The maximum absolute atomic E-state index is 9.29. The molecule has 0 unspecified atom stereocenters. The number of aliphatic imine (C=N–C) groups is 1. The average Bonchev–Trinajstić information content (AvgIpc) is 3.02. The van der Waals surface area contributed by atoms with Gasteiger partial charge in [0.2, 0.25) is 5.13 Å². The quantitative estimate of drug-likeness (QED) is 0.381. The van der Waals surface area contributed by atoms with Crippen molar-refractivity contribution in [3.05, 3.63) is 34.8 Å². The lowest BCUT2D eigenvalue weighted by Crippen LogP contribution is -2.06. The van der Waals surface area contributed by atoms with Gasteiger partial charge in [0.15, 0.2) is 5.01 Å². The molecule has 112 valence electrons. The highest BCUT2D eigenvalue weighted by atomic mass is 32.1. The van der Waals surface area contributed by atoms with Crippen LogP contribution in [0.3, 0.4) is 0 Å². The van der Waals surface area contributed by atoms with Crippen molar-refractivity contribution in [3.8, 4) is 11.8 Å². The van der Waals surface area contributed by atoms with Crippen molar-refractivity contribution >= 4 is 34.5 Å². The van der Waals surface area contributed by atoms with Gasteiger partial charge in [0, 0.05) is 0 Å². The topological polar surface area (TPSA) is 92.4 Å². The zero-order valence-corrected chi connectivity index (χ0v) is 12.8. The van der Waals surface area contributed by atoms with Crippen molar-refractivity contribution in [2.75, 3.05) is 14.2 Å². The number of methoxy groups -OCH3 is 1. The maximum Gasteiger partial charge on any atom is 0.233 e. The van der Waals surface area contributed by atoms with Crippen LogP contribution in [0.4, 0.5) is 5.13 Å². The fourth-order valence-corrected chi connectivity index (χ4v) is 2.18. The van der Waals surface area contributed by atoms with Crippen LogP contribution in [-0.2, 0) is 4.84 Å². The number of nitrogens with zero attached hydrogens (tertiary/aromatic N) is 4. The molecule has 0 amide bonds. The fourth-order valence-electron chi connectivity index (χ4n) is 1.52. The first-order valence-electron chi connectivity index (χ1n) is 6.17. The van der Waals surface area contributed by atoms with Gasteiger partial charge in [-0.15, -0.1) is 10.2 Å². The zero-order chi connectivity index (χ0) is 15.8. The Kier molecular flexibility index (Phi) is 5.59. The molecule has 0 radical (unpaired) electrons. The van der Waals surface area contributed by atoms with Crippen LogP contribution >= 0.6 is 11.3 Å². The summed E-state index contributed by atoms with van der Waals surface area (Å²) in [6.45, 7) is 0. The molecule has 0 spiro atoms. The van der Waals surface area contributed by atoms with Crippen LogP contribution in [0.5, 0.6) is 5.75 Å². The van der Waals surface area contributed by atoms with E-state index in [-0.39, 0.29) is 0 Å². The number of rotatable bonds is 6. The number of aromatic nitrogens is 2. The number of nitriles is 1. The van der Waals surface area contributed by atoms with E-state index in [1.165, 1.54) is 24.8 Å². The molecule has 1 aromatic carbocycles. The first-order chi connectivity index (χ1) is 10.8. The van der Waals surface area contributed by atoms with Crippen LogP contribution in [-0.4, -0.2) is 30.8 Å². The molecular formula is C14H13N5O2S. The molecule has 0 saturated heterocycles. The first kappa shape index (κ1) is 15.6. The van der Waals surface area contributed by atoms with Crippen LogP contribution in [0.1, 0.15) is 10.6 Å². The summed E-state index contributed by atoms with van der Waals surface area (Å²) in [5, 5.41) is 18.1. The minimum Gasteiger partial charge on any atom is -0.497 e. The van der Waals surface area contributed by atoms with E-state index in [0.29, 0.717) is 15.7 Å². The molecule has 22 heavy (non-hydrogen) atoms. The second kappa shape index (κ2) is 7.87. The van der Waals surface area contributed by atoms with Crippen LogP contribution in [0, 0.1) is 11.3 Å². The summed E-state index contributed by atoms with van der Waals surface area (Å²) in [6.07, 6.45) is 3.09. The van der Waals surface area contributed by atoms with E-state index in [2.05, 4.69) is 31.6 Å². The van der Waals surface area contributed by atoms with E-state index in [1.807, 2.05) is 24.3 Å². The number of hydrogen-bond donors (Lipinski definition) is 1. The Balaban J connectivity index is 2.20. The lowest BCUT2D eigenvalue weighted by molar-refractivity contribution is 0.148. The molecule has 2 aromatic rings. The average molecular weight is 315 g/mol. The SMILES string of the molecule is CON/C=N/c1nnc(/C(C#N)=C\c2ccc(OC)cc2)s1. The maximum atomic E-state index is 9.29. The van der Waals surface area contributed by atoms with Gasteiger partial charge in [0.1, 0.15) is 18.2 Å². The third kappa shape index (κ3) is 4.12. The van der Waals surface area contributed by atoms with Crippen molar-refractivity contribution in [3.63, 3.8) is 0 Å². The summed E-state index contributed by atoms with van der Waals surface area (Å²) in [6, 6.07) is 9.49. The van der Waals surface area contributed by atoms with Crippen LogP contribution in [0.15, 0.2) is 29.3 Å². The van der Waals surface area contributed by atoms with Gasteiger partial charge >= 0.3 is 0 Å². The van der Waals surface area contributed by atoms with Gasteiger partial charge in [-0.3, -0.25) is 10.3 Å². The summed E-state index contributed by atoms with van der Waals surface area (Å²) >= 11 is 1.21. The van der Waals surface area contributed by atoms with E-state index in [0.717, 1.165) is 11.3 Å². The normalized spacial score (nSPS) is 11.4. The van der Waals surface area contributed by atoms with Gasteiger partial charge in [-0.25, -0.2) is 4.99 Å². The van der Waals surface area contributed by atoms with E-state index in [1.54, 1.807) is 13.2 Å². The Morgan fingerprint density at radius 2 is 2.09 bits per heavy atom. The number of hydrogen-bond acceptors (Lipinski definition) is 7. The van der Waals surface area contributed by atoms with Crippen LogP contribution < -0.4 is 10.2 Å². The number of allylic oxidation sites excluding steroid dienone is 1. The predicted molar refractivity (Wildman–Crippen MR) is 84.7 cm³/mol. The molecule has 0 aliphatic carbocycles. The predicted octanol–water partition coefficient (Wildman–Crippen LogP) is 2.42. The number of hydroxylamine groups is 1. The summed E-state index contributed by atoms with van der Waals surface area (Å²) < 4.78 is 5.10. The zero-order valence-electron chi connectivity index (χ0n) is 12.0. The van der Waals surface area contributed by atoms with Crippen molar-refractivity contribution < 1.29 is 9.57 Å². The molecular weight excluding hydrogens is 302 g/mol. The molecule has 7 nitrogen and oxygen atoms in total. The van der Waals surface area contributed by atoms with E-state index < -0.39 is 0 Å². The summed E-state index contributed by atoms with van der Waals surface area (Å²) in [4.78, 5) is 8.61. The molecule has 2 rings (SSSR count). The molecule has 0 saturated carbocycles. The third-order valence-electron chi connectivity index (χ3n) is 2.54. The molecule has 0 fully saturated rings. The van der Waals surface area contributed by atoms with Crippen LogP contribution in [0.2, 0.25) is 0 Å². The van der Waals surface area contributed by atoms with E-state index >= 15 is 0 Å². The van der Waals surface area contributed by atoms with Gasteiger partial charge in [0.25, 0.3) is 0 Å². The second-order valence-corrected chi connectivity index (χ2v) is 4.87.